The van der Waals surface area contributed by atoms with Gasteiger partial charge in [-0.1, -0.05) is 0 Å². The number of nitrogens with one attached hydrogen (secondary N) is 1. The van der Waals surface area contributed by atoms with Gasteiger partial charge in [-0.2, -0.15) is 0 Å². The van der Waals surface area contributed by atoms with Crippen molar-refractivity contribution in [3.8, 4) is 0 Å². The second-order valence-electron chi connectivity index (χ2n) is 0.425. The van der Waals surface area contributed by atoms with E-state index in [1.165, 1.54) is 12.1 Å². The summed E-state index contributed by atoms with van der Waals surface area (Å²) in [7, 11) is 1.79. The van der Waals surface area contributed by atoms with E-state index in [0.717, 1.165) is 0 Å². The second-order valence-corrected chi connectivity index (χ2v) is 1.27. The van der Waals surface area contributed by atoms with E-state index in [4.69, 9.17) is 0 Å². The summed E-state index contributed by atoms with van der Waals surface area (Å²) in [4.78, 5) is 0. The van der Waals surface area contributed by atoms with Gasteiger partial charge in [-0.15, -0.1) is 0 Å². The highest BCUT2D eigenvalue weighted by atomic mass is 32.2. The fourth-order valence-electron chi connectivity index (χ4n) is 0.0645. The Balaban J connectivity index is 2.40. The largest absolute Gasteiger partial charge is 0.247 e. The van der Waals surface area contributed by atoms with Crippen LogP contribution in [-0.2, 0) is 0 Å². The second kappa shape index (κ2) is 3.98. The zero-order valence-electron chi connectivity index (χ0n) is 3.06. The summed E-state index contributed by atoms with van der Waals surface area (Å²) in [6, 6.07) is 0. The minimum absolute atomic E-state index is 1.23. The lowest BCUT2D eigenvalue weighted by Crippen LogP contribution is -1.84. The van der Waals surface area contributed by atoms with Crippen molar-refractivity contribution in [2.24, 2.45) is 4.40 Å². The van der Waals surface area contributed by atoms with Crippen molar-refractivity contribution in [1.82, 2.24) is 4.72 Å². The molecular formula is C2H6N2S. The molecule has 0 aliphatic heterocycles. The molecule has 0 aliphatic carbocycles. The summed E-state index contributed by atoms with van der Waals surface area (Å²) in [5, 5.41) is 0. The fraction of sp³-hybridized carbons (Fsp3) is 0.500. The predicted molar refractivity (Wildman–Crippen MR) is 26.2 cm³/mol. The Bertz CT molecular complexity index is 28.8. The van der Waals surface area contributed by atoms with Crippen LogP contribution < -0.4 is 4.72 Å². The highest BCUT2D eigenvalue weighted by molar-refractivity contribution is 7.96. The van der Waals surface area contributed by atoms with Gasteiger partial charge in [0.1, 0.15) is 0 Å². The van der Waals surface area contributed by atoms with Gasteiger partial charge in [0.2, 0.25) is 0 Å². The van der Waals surface area contributed by atoms with Gasteiger partial charge in [-0.05, 0) is 7.05 Å². The topological polar surface area (TPSA) is 24.4 Å². The Labute approximate surface area is 35.9 Å². The van der Waals surface area contributed by atoms with Gasteiger partial charge < -0.3 is 0 Å². The van der Waals surface area contributed by atoms with Gasteiger partial charge >= 0.3 is 0 Å². The summed E-state index contributed by atoms with van der Waals surface area (Å²) in [6.45, 7) is 3.20. The first kappa shape index (κ1) is 4.98. The molecule has 1 N–H and O–H groups in total. The predicted octanol–water partition coefficient (Wildman–Crippen LogP) is 0.470. The van der Waals surface area contributed by atoms with Crippen LogP contribution in [0.1, 0.15) is 0 Å². The molecule has 0 aromatic heterocycles. The van der Waals surface area contributed by atoms with Crippen LogP contribution in [0.15, 0.2) is 4.40 Å². The van der Waals surface area contributed by atoms with E-state index >= 15 is 0 Å². The maximum Gasteiger partial charge on any atom is 0.0576 e. The summed E-state index contributed by atoms with van der Waals surface area (Å²) in [5.41, 5.74) is 0. The molecule has 0 amide bonds. The minimum Gasteiger partial charge on any atom is -0.247 e. The van der Waals surface area contributed by atoms with Crippen molar-refractivity contribution >= 4 is 18.9 Å². The molecule has 0 aromatic carbocycles. The van der Waals surface area contributed by atoms with E-state index < -0.39 is 0 Å². The Morgan fingerprint density at radius 2 is 2.60 bits per heavy atom. The summed E-state index contributed by atoms with van der Waals surface area (Å²) in [5.74, 6) is 0. The molecule has 0 spiro atoms. The molecule has 0 unspecified atom stereocenters. The molecule has 0 heterocycles. The molecule has 0 fully saturated rings. The number of rotatable bonds is 2. The lowest BCUT2D eigenvalue weighted by molar-refractivity contribution is 1.30. The third-order valence-corrected chi connectivity index (χ3v) is 0.468. The molecular weight excluding hydrogens is 84.1 g/mol. The Hall–Kier alpha value is -0.0200. The molecule has 5 heavy (non-hydrogen) atoms. The van der Waals surface area contributed by atoms with Crippen molar-refractivity contribution in [3.05, 3.63) is 0 Å². The van der Waals surface area contributed by atoms with Crippen LogP contribution in [0.3, 0.4) is 0 Å². The lowest BCUT2D eigenvalue weighted by atomic mass is 11.6. The van der Waals surface area contributed by atoms with Crippen LogP contribution in [0.4, 0.5) is 0 Å². The highest BCUT2D eigenvalue weighted by Crippen LogP contribution is 1.84. The van der Waals surface area contributed by atoms with Crippen molar-refractivity contribution in [1.29, 1.82) is 0 Å². The van der Waals surface area contributed by atoms with E-state index in [1.807, 2.05) is 0 Å². The van der Waals surface area contributed by atoms with Gasteiger partial charge in [-0.25, -0.2) is 9.12 Å². The van der Waals surface area contributed by atoms with Gasteiger partial charge in [0.05, 0.1) is 12.1 Å². The SMILES string of the molecule is C=NSNC. The number of hydrogen-bond donors (Lipinski definition) is 1. The molecule has 0 saturated carbocycles. The molecule has 0 aromatic rings. The standard InChI is InChI=1S/C2H6N2S/c1-3-5-4-2/h4H,1H2,2H3. The van der Waals surface area contributed by atoms with Crippen LogP contribution in [-0.4, -0.2) is 13.8 Å². The van der Waals surface area contributed by atoms with Crippen molar-refractivity contribution < 1.29 is 0 Å². The minimum atomic E-state index is 1.23. The van der Waals surface area contributed by atoms with Crippen LogP contribution in [0.2, 0.25) is 0 Å². The maximum absolute atomic E-state index is 3.41. The van der Waals surface area contributed by atoms with E-state index in [-0.39, 0.29) is 0 Å². The molecule has 0 atom stereocenters. The zero-order chi connectivity index (χ0) is 4.12. The van der Waals surface area contributed by atoms with Gasteiger partial charge in [-0.3, -0.25) is 0 Å². The molecule has 2 nitrogen and oxygen atoms in total. The molecule has 30 valence electrons. The van der Waals surface area contributed by atoms with Crippen molar-refractivity contribution in [3.63, 3.8) is 0 Å². The molecule has 0 bridgehead atoms. The normalized spacial score (nSPS) is 7.40. The van der Waals surface area contributed by atoms with E-state index in [1.54, 1.807) is 7.05 Å². The van der Waals surface area contributed by atoms with Crippen molar-refractivity contribution in [2.45, 2.75) is 0 Å². The Kier molecular flexibility index (Phi) is 3.96. The first-order valence-corrected chi connectivity index (χ1v) is 1.98. The van der Waals surface area contributed by atoms with E-state index in [9.17, 15) is 0 Å². The summed E-state index contributed by atoms with van der Waals surface area (Å²) < 4.78 is 6.11. The molecule has 0 rings (SSSR count). The zero-order valence-corrected chi connectivity index (χ0v) is 3.88. The third kappa shape index (κ3) is 3.98. The first-order chi connectivity index (χ1) is 2.41. The Morgan fingerprint density at radius 3 is 2.60 bits per heavy atom. The first-order valence-electron chi connectivity index (χ1n) is 1.20. The van der Waals surface area contributed by atoms with Gasteiger partial charge in [0.25, 0.3) is 0 Å². The van der Waals surface area contributed by atoms with Crippen LogP contribution in [0, 0.1) is 0 Å². The summed E-state index contributed by atoms with van der Waals surface area (Å²) >= 11 is 1.23. The lowest BCUT2D eigenvalue weighted by Gasteiger charge is -1.77. The van der Waals surface area contributed by atoms with Gasteiger partial charge in [0.15, 0.2) is 0 Å². The number of hydrogen-bond acceptors (Lipinski definition) is 3. The molecule has 0 radical (unpaired) electrons. The highest BCUT2D eigenvalue weighted by Gasteiger charge is 1.58. The smallest absolute Gasteiger partial charge is 0.0576 e. The quantitative estimate of drug-likeness (QED) is 0.393. The summed E-state index contributed by atoms with van der Waals surface area (Å²) in [6.07, 6.45) is 0. The van der Waals surface area contributed by atoms with Crippen LogP contribution in [0.25, 0.3) is 0 Å². The average Bonchev–Trinajstić information content (AvgIpc) is 1.41. The van der Waals surface area contributed by atoms with E-state index in [0.29, 0.717) is 0 Å². The van der Waals surface area contributed by atoms with Crippen LogP contribution in [0.5, 0.6) is 0 Å². The monoisotopic (exact) mass is 90.0 g/mol. The molecule has 0 aliphatic rings. The average molecular weight is 90.2 g/mol. The van der Waals surface area contributed by atoms with Crippen LogP contribution >= 0.6 is 12.1 Å². The molecule has 3 heteroatoms. The fourth-order valence-corrected chi connectivity index (χ4v) is 0.194. The van der Waals surface area contributed by atoms with Gasteiger partial charge in [0, 0.05) is 6.72 Å². The van der Waals surface area contributed by atoms with E-state index in [2.05, 4.69) is 15.8 Å². The van der Waals surface area contributed by atoms with Crippen molar-refractivity contribution in [2.75, 3.05) is 7.05 Å². The number of nitrogens with zero attached hydrogens (tertiary/aromatic N) is 1. The maximum atomic E-state index is 3.41. The third-order valence-electron chi connectivity index (χ3n) is 0.156. The molecule has 0 saturated heterocycles. The Morgan fingerprint density at radius 1 is 2.00 bits per heavy atom.